The van der Waals surface area contributed by atoms with Gasteiger partial charge in [-0.25, -0.2) is 4.39 Å². The predicted octanol–water partition coefficient (Wildman–Crippen LogP) is 2.33. The molecular formula is C15H17FN2O. The van der Waals surface area contributed by atoms with E-state index in [1.807, 2.05) is 12.1 Å². The van der Waals surface area contributed by atoms with E-state index in [9.17, 15) is 4.39 Å². The maximum Gasteiger partial charge on any atom is 0.124 e. The van der Waals surface area contributed by atoms with Gasteiger partial charge in [-0.05, 0) is 36.6 Å². The third-order valence-electron chi connectivity index (χ3n) is 3.57. The fraction of sp³-hybridized carbons (Fsp3) is 0.400. The lowest BCUT2D eigenvalue weighted by molar-refractivity contribution is 0.183. The van der Waals surface area contributed by atoms with Crippen LogP contribution < -0.4 is 0 Å². The molecule has 1 aromatic carbocycles. The van der Waals surface area contributed by atoms with Crippen molar-refractivity contribution in [1.82, 2.24) is 9.88 Å². The molecule has 0 amide bonds. The van der Waals surface area contributed by atoms with E-state index in [1.54, 1.807) is 12.3 Å². The first-order valence-electron chi connectivity index (χ1n) is 6.66. The maximum atomic E-state index is 13.7. The van der Waals surface area contributed by atoms with E-state index in [-0.39, 0.29) is 12.4 Å². The van der Waals surface area contributed by atoms with E-state index in [2.05, 4.69) is 9.88 Å². The zero-order valence-corrected chi connectivity index (χ0v) is 10.7. The molecule has 0 atom stereocenters. The minimum Gasteiger partial charge on any atom is -0.395 e. The molecule has 1 aliphatic rings. The summed E-state index contributed by atoms with van der Waals surface area (Å²) in [5.41, 5.74) is 1.75. The van der Waals surface area contributed by atoms with Crippen LogP contribution >= 0.6 is 0 Å². The monoisotopic (exact) mass is 260 g/mol. The summed E-state index contributed by atoms with van der Waals surface area (Å²) in [6, 6.07) is 7.30. The second-order valence-corrected chi connectivity index (χ2v) is 5.07. The number of aliphatic hydroxyl groups excluding tert-OH is 1. The van der Waals surface area contributed by atoms with Crippen LogP contribution in [0.3, 0.4) is 0 Å². The van der Waals surface area contributed by atoms with Crippen LogP contribution in [-0.2, 0) is 6.54 Å². The number of nitrogens with zero attached hydrogens (tertiary/aromatic N) is 2. The van der Waals surface area contributed by atoms with Gasteiger partial charge in [-0.2, -0.15) is 0 Å². The van der Waals surface area contributed by atoms with E-state index in [0.717, 1.165) is 16.5 Å². The van der Waals surface area contributed by atoms with Crippen molar-refractivity contribution in [2.75, 3.05) is 13.2 Å². The van der Waals surface area contributed by atoms with Gasteiger partial charge in [0.1, 0.15) is 5.82 Å². The smallest absolute Gasteiger partial charge is 0.124 e. The van der Waals surface area contributed by atoms with Crippen molar-refractivity contribution in [1.29, 1.82) is 0 Å². The van der Waals surface area contributed by atoms with Gasteiger partial charge in [0, 0.05) is 30.7 Å². The summed E-state index contributed by atoms with van der Waals surface area (Å²) in [7, 11) is 0. The second-order valence-electron chi connectivity index (χ2n) is 5.07. The molecule has 0 unspecified atom stereocenters. The van der Waals surface area contributed by atoms with Crippen LogP contribution in [0.25, 0.3) is 10.9 Å². The molecule has 0 bridgehead atoms. The van der Waals surface area contributed by atoms with E-state index in [0.29, 0.717) is 19.1 Å². The first-order chi connectivity index (χ1) is 9.28. The Hall–Kier alpha value is -1.52. The topological polar surface area (TPSA) is 36.4 Å². The molecule has 1 saturated carbocycles. The first-order valence-corrected chi connectivity index (χ1v) is 6.66. The summed E-state index contributed by atoms with van der Waals surface area (Å²) in [6.07, 6.45) is 4.07. The number of pyridine rings is 1. The average Bonchev–Trinajstić information content (AvgIpc) is 3.22. The lowest BCUT2D eigenvalue weighted by Crippen LogP contribution is -2.28. The van der Waals surface area contributed by atoms with Crippen LogP contribution in [0.15, 0.2) is 30.5 Å². The molecule has 0 radical (unpaired) electrons. The summed E-state index contributed by atoms with van der Waals surface area (Å²) in [4.78, 5) is 6.57. The van der Waals surface area contributed by atoms with E-state index in [1.165, 1.54) is 18.9 Å². The SMILES string of the molecule is OCCN(Cc1cc(F)cc2cccnc12)C1CC1. The summed E-state index contributed by atoms with van der Waals surface area (Å²) in [6.45, 7) is 1.42. The summed E-state index contributed by atoms with van der Waals surface area (Å²) >= 11 is 0. The molecule has 1 heterocycles. The molecule has 19 heavy (non-hydrogen) atoms. The summed E-state index contributed by atoms with van der Waals surface area (Å²) in [5, 5.41) is 9.96. The first kappa shape index (κ1) is 12.5. The van der Waals surface area contributed by atoms with E-state index >= 15 is 0 Å². The highest BCUT2D eigenvalue weighted by atomic mass is 19.1. The third-order valence-corrected chi connectivity index (χ3v) is 3.57. The van der Waals surface area contributed by atoms with Crippen LogP contribution in [0.1, 0.15) is 18.4 Å². The molecule has 1 N–H and O–H groups in total. The number of aromatic nitrogens is 1. The molecular weight excluding hydrogens is 243 g/mol. The van der Waals surface area contributed by atoms with Crippen molar-refractivity contribution < 1.29 is 9.50 Å². The molecule has 1 aliphatic carbocycles. The van der Waals surface area contributed by atoms with Crippen molar-refractivity contribution in [3.05, 3.63) is 41.8 Å². The zero-order valence-electron chi connectivity index (χ0n) is 10.7. The van der Waals surface area contributed by atoms with E-state index in [4.69, 9.17) is 5.11 Å². The van der Waals surface area contributed by atoms with Crippen molar-refractivity contribution in [2.24, 2.45) is 0 Å². The maximum absolute atomic E-state index is 13.7. The lowest BCUT2D eigenvalue weighted by Gasteiger charge is -2.21. The highest BCUT2D eigenvalue weighted by Gasteiger charge is 2.28. The molecule has 3 rings (SSSR count). The van der Waals surface area contributed by atoms with Crippen LogP contribution in [0.5, 0.6) is 0 Å². The Morgan fingerprint density at radius 3 is 2.95 bits per heavy atom. The summed E-state index contributed by atoms with van der Waals surface area (Å²) < 4.78 is 13.7. The number of hydrogen-bond donors (Lipinski definition) is 1. The Morgan fingerprint density at radius 1 is 1.37 bits per heavy atom. The Balaban J connectivity index is 1.94. The Bertz CT molecular complexity index is 583. The van der Waals surface area contributed by atoms with Gasteiger partial charge >= 0.3 is 0 Å². The zero-order chi connectivity index (χ0) is 13.2. The minimum atomic E-state index is -0.227. The van der Waals surface area contributed by atoms with Crippen molar-refractivity contribution in [3.63, 3.8) is 0 Å². The molecule has 0 saturated heterocycles. The van der Waals surface area contributed by atoms with Crippen molar-refractivity contribution in [2.45, 2.75) is 25.4 Å². The lowest BCUT2D eigenvalue weighted by atomic mass is 10.1. The Kier molecular flexibility index (Phi) is 3.44. The van der Waals surface area contributed by atoms with Gasteiger partial charge in [0.05, 0.1) is 12.1 Å². The molecule has 2 aromatic rings. The number of halogens is 1. The van der Waals surface area contributed by atoms with Crippen molar-refractivity contribution in [3.8, 4) is 0 Å². The van der Waals surface area contributed by atoms with Gasteiger partial charge in [0.2, 0.25) is 0 Å². The van der Waals surface area contributed by atoms with Crippen LogP contribution in [-0.4, -0.2) is 34.2 Å². The van der Waals surface area contributed by atoms with Crippen molar-refractivity contribution >= 4 is 10.9 Å². The van der Waals surface area contributed by atoms with Gasteiger partial charge in [-0.3, -0.25) is 9.88 Å². The molecule has 1 aromatic heterocycles. The molecule has 1 fully saturated rings. The van der Waals surface area contributed by atoms with Gasteiger partial charge in [-0.15, -0.1) is 0 Å². The fourth-order valence-corrected chi connectivity index (χ4v) is 2.53. The molecule has 4 heteroatoms. The number of rotatable bonds is 5. The highest BCUT2D eigenvalue weighted by molar-refractivity contribution is 5.81. The van der Waals surface area contributed by atoms with E-state index < -0.39 is 0 Å². The Labute approximate surface area is 111 Å². The second kappa shape index (κ2) is 5.23. The highest BCUT2D eigenvalue weighted by Crippen LogP contribution is 2.29. The standard InChI is InChI=1S/C15H17FN2O/c16-13-8-11-2-1-5-17-15(11)12(9-13)10-18(6-7-19)14-3-4-14/h1-2,5,8-9,14,19H,3-4,6-7,10H2. The van der Waals surface area contributed by atoms with Crippen LogP contribution in [0.4, 0.5) is 4.39 Å². The van der Waals surface area contributed by atoms with Gasteiger partial charge in [0.25, 0.3) is 0 Å². The van der Waals surface area contributed by atoms with Crippen LogP contribution in [0, 0.1) is 5.82 Å². The predicted molar refractivity (Wildman–Crippen MR) is 72.2 cm³/mol. The number of benzene rings is 1. The number of fused-ring (bicyclic) bond motifs is 1. The molecule has 100 valence electrons. The van der Waals surface area contributed by atoms with Gasteiger partial charge in [-0.1, -0.05) is 6.07 Å². The van der Waals surface area contributed by atoms with Gasteiger partial charge in [0.15, 0.2) is 0 Å². The quantitative estimate of drug-likeness (QED) is 0.896. The third kappa shape index (κ3) is 2.74. The minimum absolute atomic E-state index is 0.136. The number of aliphatic hydroxyl groups is 1. The van der Waals surface area contributed by atoms with Crippen LogP contribution in [0.2, 0.25) is 0 Å². The largest absolute Gasteiger partial charge is 0.395 e. The Morgan fingerprint density at radius 2 is 2.21 bits per heavy atom. The number of hydrogen-bond acceptors (Lipinski definition) is 3. The average molecular weight is 260 g/mol. The molecule has 0 aliphatic heterocycles. The fourth-order valence-electron chi connectivity index (χ4n) is 2.53. The molecule has 3 nitrogen and oxygen atoms in total. The molecule has 0 spiro atoms. The summed E-state index contributed by atoms with van der Waals surface area (Å²) in [5.74, 6) is -0.227. The van der Waals surface area contributed by atoms with Gasteiger partial charge < -0.3 is 5.11 Å². The normalized spacial score (nSPS) is 15.3.